The SMILES string of the molecule is Oc1ccc2c(c1)CCCC(c1ccncc1Cl)=C2c1ccn2cc(CN3CC4(CCC4C(F)(F)F)C3)nc2c1. The summed E-state index contributed by atoms with van der Waals surface area (Å²) in [7, 11) is 0. The van der Waals surface area contributed by atoms with E-state index in [4.69, 9.17) is 16.6 Å². The third-order valence-electron chi connectivity index (χ3n) is 8.96. The average Bonchev–Trinajstić information content (AvgIpc) is 3.17. The maximum atomic E-state index is 13.3. The third kappa shape index (κ3) is 4.29. The molecule has 0 radical (unpaired) electrons. The summed E-state index contributed by atoms with van der Waals surface area (Å²) in [5.74, 6) is -0.923. The van der Waals surface area contributed by atoms with E-state index >= 15 is 0 Å². The number of aromatic nitrogens is 3. The lowest BCUT2D eigenvalue weighted by atomic mass is 9.55. The molecule has 1 atom stereocenters. The summed E-state index contributed by atoms with van der Waals surface area (Å²) in [5.41, 5.74) is 7.27. The van der Waals surface area contributed by atoms with Crippen molar-refractivity contribution in [2.24, 2.45) is 11.3 Å². The Labute approximate surface area is 234 Å². The molecular weight excluding hydrogens is 537 g/mol. The fourth-order valence-corrected chi connectivity index (χ4v) is 7.26. The van der Waals surface area contributed by atoms with Crippen LogP contribution in [0.3, 0.4) is 0 Å². The zero-order valence-corrected chi connectivity index (χ0v) is 22.5. The number of fused-ring (bicyclic) bond motifs is 2. The molecule has 5 nitrogen and oxygen atoms in total. The first-order chi connectivity index (χ1) is 19.2. The number of halogens is 4. The number of hydrogen-bond donors (Lipinski definition) is 1. The summed E-state index contributed by atoms with van der Waals surface area (Å²) in [4.78, 5) is 11.1. The number of allylic oxidation sites excluding steroid dienone is 1. The number of rotatable bonds is 4. The van der Waals surface area contributed by atoms with E-state index in [9.17, 15) is 18.3 Å². The van der Waals surface area contributed by atoms with Gasteiger partial charge in [0.2, 0.25) is 0 Å². The van der Waals surface area contributed by atoms with Crippen LogP contribution in [0.1, 0.15) is 53.6 Å². The second kappa shape index (κ2) is 9.35. The first-order valence-corrected chi connectivity index (χ1v) is 14.0. The molecule has 9 heteroatoms. The van der Waals surface area contributed by atoms with Crippen LogP contribution in [0, 0.1) is 11.3 Å². The summed E-state index contributed by atoms with van der Waals surface area (Å²) in [6.45, 7) is 1.48. The number of aromatic hydroxyl groups is 1. The largest absolute Gasteiger partial charge is 0.508 e. The molecule has 4 aromatic rings. The highest BCUT2D eigenvalue weighted by atomic mass is 35.5. The highest BCUT2D eigenvalue weighted by Gasteiger charge is 2.63. The normalized spacial score (nSPS) is 20.8. The molecule has 1 unspecified atom stereocenters. The van der Waals surface area contributed by atoms with Crippen LogP contribution in [0.5, 0.6) is 5.75 Å². The van der Waals surface area contributed by atoms with Crippen molar-refractivity contribution < 1.29 is 18.3 Å². The Kier molecular flexibility index (Phi) is 5.98. The van der Waals surface area contributed by atoms with Crippen molar-refractivity contribution in [3.63, 3.8) is 0 Å². The van der Waals surface area contributed by atoms with Crippen molar-refractivity contribution in [2.75, 3.05) is 13.1 Å². The topological polar surface area (TPSA) is 53.7 Å². The van der Waals surface area contributed by atoms with Gasteiger partial charge in [-0.1, -0.05) is 17.7 Å². The van der Waals surface area contributed by atoms with Gasteiger partial charge in [0.25, 0.3) is 0 Å². The van der Waals surface area contributed by atoms with Gasteiger partial charge in [0.05, 0.1) is 16.6 Å². The van der Waals surface area contributed by atoms with Crippen LogP contribution in [0.15, 0.2) is 61.2 Å². The van der Waals surface area contributed by atoms with Gasteiger partial charge in [-0.2, -0.15) is 13.2 Å². The fraction of sp³-hybridized carbons (Fsp3) is 0.355. The molecule has 2 aliphatic carbocycles. The van der Waals surface area contributed by atoms with Crippen molar-refractivity contribution in [3.05, 3.63) is 94.2 Å². The zero-order valence-electron chi connectivity index (χ0n) is 21.8. The number of pyridine rings is 2. The number of nitrogens with zero attached hydrogens (tertiary/aromatic N) is 4. The lowest BCUT2D eigenvalue weighted by molar-refractivity contribution is -0.271. The molecule has 2 fully saturated rings. The number of aryl methyl sites for hydroxylation is 1. The molecule has 3 aliphatic rings. The van der Waals surface area contributed by atoms with Gasteiger partial charge in [-0.3, -0.25) is 9.88 Å². The Morgan fingerprint density at radius 3 is 2.67 bits per heavy atom. The summed E-state index contributed by atoms with van der Waals surface area (Å²) in [6, 6.07) is 11.6. The van der Waals surface area contributed by atoms with Crippen molar-refractivity contribution >= 4 is 28.4 Å². The third-order valence-corrected chi connectivity index (χ3v) is 9.26. The quantitative estimate of drug-likeness (QED) is 0.286. The smallest absolute Gasteiger partial charge is 0.392 e. The molecule has 1 saturated carbocycles. The van der Waals surface area contributed by atoms with Gasteiger partial charge in [0.1, 0.15) is 11.4 Å². The Balaban J connectivity index is 1.23. The molecule has 7 rings (SSSR count). The predicted octanol–water partition coefficient (Wildman–Crippen LogP) is 7.16. The van der Waals surface area contributed by atoms with Gasteiger partial charge >= 0.3 is 6.18 Å². The van der Waals surface area contributed by atoms with Crippen LogP contribution in [0.25, 0.3) is 16.8 Å². The zero-order chi connectivity index (χ0) is 27.6. The molecule has 1 saturated heterocycles. The Bertz CT molecular complexity index is 1650. The van der Waals surface area contributed by atoms with E-state index < -0.39 is 17.5 Å². The monoisotopic (exact) mass is 564 g/mol. The molecule has 206 valence electrons. The lowest BCUT2D eigenvalue weighted by Gasteiger charge is -2.60. The van der Waals surface area contributed by atoms with E-state index in [1.165, 1.54) is 0 Å². The highest BCUT2D eigenvalue weighted by molar-refractivity contribution is 6.32. The van der Waals surface area contributed by atoms with Crippen molar-refractivity contribution in [1.82, 2.24) is 19.3 Å². The lowest BCUT2D eigenvalue weighted by Crippen LogP contribution is -2.66. The van der Waals surface area contributed by atoms with Gasteiger partial charge in [0, 0.05) is 49.8 Å². The number of phenolic OH excluding ortho intramolecular Hbond substituents is 1. The molecule has 1 aliphatic heterocycles. The average molecular weight is 565 g/mol. The number of hydrogen-bond acceptors (Lipinski definition) is 4. The van der Waals surface area contributed by atoms with E-state index in [1.807, 2.05) is 35.0 Å². The van der Waals surface area contributed by atoms with Crippen LogP contribution < -0.4 is 0 Å². The molecule has 0 bridgehead atoms. The summed E-state index contributed by atoms with van der Waals surface area (Å²) in [5, 5.41) is 10.8. The van der Waals surface area contributed by atoms with Gasteiger partial charge in [-0.15, -0.1) is 0 Å². The van der Waals surface area contributed by atoms with E-state index in [0.29, 0.717) is 31.1 Å². The molecule has 0 amide bonds. The molecule has 1 spiro atoms. The Hall–Kier alpha value is -3.36. The van der Waals surface area contributed by atoms with Crippen LogP contribution >= 0.6 is 11.6 Å². The standard InChI is InChI=1S/C31H28ClF3N4O/c32-26-14-36-10-7-24(26)25-3-1-2-19-12-22(40)4-5-23(19)29(25)20-8-11-39-16-21(37-28(39)13-20)15-38-17-30(18-38)9-6-27(30)31(33,34)35/h4-5,7-8,10-14,16,27,40H,1-3,6,9,15,17-18H2. The molecule has 4 heterocycles. The predicted molar refractivity (Wildman–Crippen MR) is 148 cm³/mol. The first kappa shape index (κ1) is 25.6. The van der Waals surface area contributed by atoms with Crippen molar-refractivity contribution in [2.45, 2.75) is 44.8 Å². The Morgan fingerprint density at radius 1 is 1.07 bits per heavy atom. The van der Waals surface area contributed by atoms with Crippen LogP contribution in [0.4, 0.5) is 13.2 Å². The van der Waals surface area contributed by atoms with Crippen molar-refractivity contribution in [3.8, 4) is 5.75 Å². The number of imidazole rings is 1. The molecule has 3 aromatic heterocycles. The van der Waals surface area contributed by atoms with Gasteiger partial charge in [-0.25, -0.2) is 4.98 Å². The maximum Gasteiger partial charge on any atom is 0.392 e. The summed E-state index contributed by atoms with van der Waals surface area (Å²) in [6.07, 6.45) is 6.71. The fourth-order valence-electron chi connectivity index (χ4n) is 7.03. The molecule has 1 aromatic carbocycles. The minimum absolute atomic E-state index is 0.244. The number of phenols is 1. The number of likely N-dealkylation sites (tertiary alicyclic amines) is 1. The van der Waals surface area contributed by atoms with Crippen LogP contribution in [0.2, 0.25) is 5.02 Å². The maximum absolute atomic E-state index is 13.3. The second-order valence-corrected chi connectivity index (χ2v) is 11.9. The van der Waals surface area contributed by atoms with Crippen LogP contribution in [-0.2, 0) is 13.0 Å². The van der Waals surface area contributed by atoms with Gasteiger partial charge < -0.3 is 9.51 Å². The molecule has 1 N–H and O–H groups in total. The van der Waals surface area contributed by atoms with Crippen LogP contribution in [-0.4, -0.2) is 43.6 Å². The van der Waals surface area contributed by atoms with Gasteiger partial charge in [-0.05, 0) is 95.8 Å². The van der Waals surface area contributed by atoms with E-state index in [-0.39, 0.29) is 12.2 Å². The van der Waals surface area contributed by atoms with E-state index in [2.05, 4.69) is 22.0 Å². The number of alkyl halides is 3. The summed E-state index contributed by atoms with van der Waals surface area (Å²) < 4.78 is 42.0. The minimum atomic E-state index is -4.10. The molecular formula is C31H28ClF3N4O. The molecule has 40 heavy (non-hydrogen) atoms. The minimum Gasteiger partial charge on any atom is -0.508 e. The van der Waals surface area contributed by atoms with Gasteiger partial charge in [0.15, 0.2) is 0 Å². The Morgan fingerprint density at radius 2 is 1.93 bits per heavy atom. The number of benzene rings is 1. The van der Waals surface area contributed by atoms with Crippen molar-refractivity contribution in [1.29, 1.82) is 0 Å². The highest BCUT2D eigenvalue weighted by Crippen LogP contribution is 2.59. The first-order valence-electron chi connectivity index (χ1n) is 13.6. The van der Waals surface area contributed by atoms with E-state index in [1.54, 1.807) is 18.5 Å². The second-order valence-electron chi connectivity index (χ2n) is 11.5. The summed E-state index contributed by atoms with van der Waals surface area (Å²) >= 11 is 6.63. The van der Waals surface area contributed by atoms with E-state index in [0.717, 1.165) is 64.0 Å².